The molecule has 1 aliphatic heterocycles. The second kappa shape index (κ2) is 10.8. The molecule has 12 heteroatoms. The predicted molar refractivity (Wildman–Crippen MR) is 138 cm³/mol. The largest absolute Gasteiger partial charge is 0.486 e. The molecule has 10 nitrogen and oxygen atoms in total. The van der Waals surface area contributed by atoms with Crippen LogP contribution in [-0.4, -0.2) is 68.9 Å². The molecule has 1 saturated heterocycles. The van der Waals surface area contributed by atoms with E-state index in [0.29, 0.717) is 46.4 Å². The number of benzene rings is 2. The number of H-pyrrole nitrogens is 1. The number of hydrogen-bond donors (Lipinski definition) is 1. The Bertz CT molecular complexity index is 1630. The second-order valence-electron chi connectivity index (χ2n) is 9.55. The first-order valence-electron chi connectivity index (χ1n) is 12.5. The van der Waals surface area contributed by atoms with Crippen molar-refractivity contribution < 1.29 is 23.0 Å². The number of ether oxygens (including phenoxy) is 2. The number of nitrogens with one attached hydrogen (secondary N) is 1. The molecule has 1 fully saturated rings. The highest BCUT2D eigenvalue weighted by Crippen LogP contribution is 2.26. The Morgan fingerprint density at radius 1 is 1.23 bits per heavy atom. The summed E-state index contributed by atoms with van der Waals surface area (Å²) in [4.78, 5) is 35.7. The normalized spacial score (nSPS) is 17.6. The van der Waals surface area contributed by atoms with Gasteiger partial charge in [0.1, 0.15) is 30.8 Å². The van der Waals surface area contributed by atoms with Crippen molar-refractivity contribution in [3.05, 3.63) is 63.8 Å². The molecule has 0 aliphatic carbocycles. The van der Waals surface area contributed by atoms with Gasteiger partial charge in [-0.3, -0.25) is 9.59 Å². The molecule has 4 aromatic rings. The van der Waals surface area contributed by atoms with E-state index in [4.69, 9.17) is 9.47 Å². The van der Waals surface area contributed by atoms with Crippen molar-refractivity contribution in [3.8, 4) is 11.8 Å². The van der Waals surface area contributed by atoms with E-state index in [1.54, 1.807) is 29.2 Å². The molecule has 2 aromatic carbocycles. The van der Waals surface area contributed by atoms with Gasteiger partial charge in [-0.15, -0.1) is 0 Å². The molecule has 0 unspecified atom stereocenters. The first-order valence-corrected chi connectivity index (χ1v) is 12.5. The van der Waals surface area contributed by atoms with Gasteiger partial charge in [0, 0.05) is 24.5 Å². The molecule has 1 amide bonds. The van der Waals surface area contributed by atoms with Gasteiger partial charge in [-0.25, -0.2) is 18.4 Å². The summed E-state index contributed by atoms with van der Waals surface area (Å²) >= 11 is 0. The van der Waals surface area contributed by atoms with E-state index >= 15 is 0 Å². The Morgan fingerprint density at radius 2 is 1.95 bits per heavy atom. The molecule has 39 heavy (non-hydrogen) atoms. The van der Waals surface area contributed by atoms with Crippen LogP contribution in [0.15, 0.2) is 41.2 Å². The number of halogens is 2. The van der Waals surface area contributed by atoms with Crippen LogP contribution in [0.5, 0.6) is 5.75 Å². The Balaban J connectivity index is 1.47. The first kappa shape index (κ1) is 26.2. The fraction of sp³-hybridized carbons (Fsp3) is 0.370. The van der Waals surface area contributed by atoms with Crippen molar-refractivity contribution in [3.63, 3.8) is 0 Å². The lowest BCUT2D eigenvalue weighted by Gasteiger charge is -2.35. The molecule has 0 bridgehead atoms. The van der Waals surface area contributed by atoms with E-state index in [-0.39, 0.29) is 48.0 Å². The molecule has 0 spiro atoms. The number of amides is 1. The number of hydrogen-bond acceptors (Lipinski definition) is 7. The maximum Gasteiger partial charge on any atom is 0.275 e. The summed E-state index contributed by atoms with van der Waals surface area (Å²) in [5.41, 5.74) is 1.20. The van der Waals surface area contributed by atoms with Gasteiger partial charge in [-0.05, 0) is 26.0 Å². The third kappa shape index (κ3) is 5.58. The third-order valence-corrected chi connectivity index (χ3v) is 6.45. The van der Waals surface area contributed by atoms with Crippen molar-refractivity contribution in [2.24, 2.45) is 0 Å². The standard InChI is InChI=1S/C27H26F2N6O4/c1-15-11-34(12-16(2)39-15)26(36)13-35-27(37)19-6-4-3-5-18(19)20(33-35)9-25-31-21-7-17(10-30)23(8-22(21)32-25)38-14-24(28)29/h3-8,15-16,24H,9,11-14H2,1-2H3,(H,31,32)/t15-,16+. The fourth-order valence-electron chi connectivity index (χ4n) is 4.85. The van der Waals surface area contributed by atoms with Gasteiger partial charge in [0.25, 0.3) is 12.0 Å². The molecular formula is C27H26F2N6O4. The van der Waals surface area contributed by atoms with Crippen molar-refractivity contribution in [2.75, 3.05) is 19.7 Å². The van der Waals surface area contributed by atoms with Crippen molar-refractivity contribution in [1.82, 2.24) is 24.6 Å². The Kier molecular flexibility index (Phi) is 7.26. The van der Waals surface area contributed by atoms with Crippen LogP contribution in [-0.2, 0) is 22.5 Å². The summed E-state index contributed by atoms with van der Waals surface area (Å²) in [5, 5.41) is 15.0. The fourth-order valence-corrected chi connectivity index (χ4v) is 4.85. The van der Waals surface area contributed by atoms with Crippen molar-refractivity contribution in [1.29, 1.82) is 5.26 Å². The number of carbonyl (C=O) groups excluding carboxylic acids is 1. The summed E-state index contributed by atoms with van der Waals surface area (Å²) in [7, 11) is 0. The molecule has 2 aromatic heterocycles. The zero-order valence-corrected chi connectivity index (χ0v) is 21.4. The van der Waals surface area contributed by atoms with Gasteiger partial charge < -0.3 is 19.4 Å². The molecule has 0 saturated carbocycles. The SMILES string of the molecule is C[C@@H]1CN(C(=O)Cn2nc(Cc3nc4cc(OCC(F)F)c(C#N)cc4[nH]3)c3ccccc3c2=O)C[C@H](C)O1. The molecule has 2 atom stereocenters. The van der Waals surface area contributed by atoms with E-state index in [1.165, 1.54) is 16.8 Å². The number of morpholine rings is 1. The summed E-state index contributed by atoms with van der Waals surface area (Å²) in [6.45, 7) is 3.61. The highest BCUT2D eigenvalue weighted by Gasteiger charge is 2.27. The molecule has 3 heterocycles. The predicted octanol–water partition coefficient (Wildman–Crippen LogP) is 3.01. The van der Waals surface area contributed by atoms with Gasteiger partial charge in [0.15, 0.2) is 0 Å². The van der Waals surface area contributed by atoms with Crippen LogP contribution >= 0.6 is 0 Å². The van der Waals surface area contributed by atoms with E-state index in [2.05, 4.69) is 15.1 Å². The summed E-state index contributed by atoms with van der Waals surface area (Å²) in [6.07, 6.45) is -2.71. The van der Waals surface area contributed by atoms with Crippen LogP contribution in [0.25, 0.3) is 21.8 Å². The zero-order chi connectivity index (χ0) is 27.7. The van der Waals surface area contributed by atoms with E-state index < -0.39 is 13.0 Å². The minimum atomic E-state index is -2.68. The number of aromatic amines is 1. The number of imidazole rings is 1. The molecule has 1 aliphatic rings. The number of nitriles is 1. The van der Waals surface area contributed by atoms with Crippen LogP contribution in [0.1, 0.15) is 30.9 Å². The van der Waals surface area contributed by atoms with Crippen LogP contribution in [0.3, 0.4) is 0 Å². The minimum Gasteiger partial charge on any atom is -0.486 e. The molecular weight excluding hydrogens is 510 g/mol. The van der Waals surface area contributed by atoms with E-state index in [0.717, 1.165) is 0 Å². The lowest BCUT2D eigenvalue weighted by atomic mass is 10.1. The first-order chi connectivity index (χ1) is 18.7. The van der Waals surface area contributed by atoms with Crippen LogP contribution in [0.4, 0.5) is 8.78 Å². The number of aromatic nitrogens is 4. The number of fused-ring (bicyclic) bond motifs is 2. The van der Waals surface area contributed by atoms with Crippen molar-refractivity contribution in [2.45, 2.75) is 45.4 Å². The van der Waals surface area contributed by atoms with Gasteiger partial charge in [-0.2, -0.15) is 10.4 Å². The highest BCUT2D eigenvalue weighted by atomic mass is 19.3. The quantitative estimate of drug-likeness (QED) is 0.385. The summed E-state index contributed by atoms with van der Waals surface area (Å²) in [6, 6.07) is 11.9. The van der Waals surface area contributed by atoms with Crippen molar-refractivity contribution >= 4 is 27.7 Å². The molecule has 0 radical (unpaired) electrons. The van der Waals surface area contributed by atoms with Gasteiger partial charge in [0.05, 0.1) is 46.3 Å². The van der Waals surface area contributed by atoms with Crippen LogP contribution in [0.2, 0.25) is 0 Å². The topological polar surface area (TPSA) is 126 Å². The smallest absolute Gasteiger partial charge is 0.275 e. The summed E-state index contributed by atoms with van der Waals surface area (Å²) < 4.78 is 37.2. The lowest BCUT2D eigenvalue weighted by Crippen LogP contribution is -2.49. The van der Waals surface area contributed by atoms with Crippen LogP contribution < -0.4 is 10.3 Å². The average Bonchev–Trinajstić information content (AvgIpc) is 3.29. The monoisotopic (exact) mass is 536 g/mol. The Morgan fingerprint density at radius 3 is 2.64 bits per heavy atom. The Labute approximate surface area is 221 Å². The molecule has 5 rings (SSSR count). The second-order valence-corrected chi connectivity index (χ2v) is 9.55. The van der Waals surface area contributed by atoms with E-state index in [9.17, 15) is 23.6 Å². The zero-order valence-electron chi connectivity index (χ0n) is 21.4. The van der Waals surface area contributed by atoms with Crippen LogP contribution in [0, 0.1) is 11.3 Å². The minimum absolute atomic E-state index is 0.0192. The number of carbonyl (C=O) groups is 1. The number of nitrogens with zero attached hydrogens (tertiary/aromatic N) is 5. The Hall–Kier alpha value is -4.37. The van der Waals surface area contributed by atoms with E-state index in [1.807, 2.05) is 19.9 Å². The van der Waals surface area contributed by atoms with Gasteiger partial charge in [-0.1, -0.05) is 18.2 Å². The maximum atomic E-state index is 13.2. The molecule has 202 valence electrons. The summed E-state index contributed by atoms with van der Waals surface area (Å²) in [5.74, 6) is 0.271. The number of alkyl halides is 2. The third-order valence-electron chi connectivity index (χ3n) is 6.45. The van der Waals surface area contributed by atoms with Gasteiger partial charge in [0.2, 0.25) is 5.91 Å². The lowest BCUT2D eigenvalue weighted by molar-refractivity contribution is -0.144. The maximum absolute atomic E-state index is 13.2. The average molecular weight is 537 g/mol. The number of rotatable bonds is 7. The van der Waals surface area contributed by atoms with Gasteiger partial charge >= 0.3 is 0 Å². The molecule has 1 N–H and O–H groups in total. The highest BCUT2D eigenvalue weighted by molar-refractivity contribution is 5.85.